The summed E-state index contributed by atoms with van der Waals surface area (Å²) in [5, 5.41) is 17.2. The minimum absolute atomic E-state index is 0.123. The highest BCUT2D eigenvalue weighted by atomic mass is 16.3. The number of benzene rings is 1. The van der Waals surface area contributed by atoms with Crippen LogP contribution < -0.4 is 5.32 Å². The quantitative estimate of drug-likeness (QED) is 0.826. The zero-order valence-electron chi connectivity index (χ0n) is 15.0. The van der Waals surface area contributed by atoms with Crippen LogP contribution in [0.4, 0.5) is 0 Å². The van der Waals surface area contributed by atoms with Crippen molar-refractivity contribution in [2.75, 3.05) is 6.61 Å². The Balaban J connectivity index is 1.98. The lowest BCUT2D eigenvalue weighted by Gasteiger charge is -2.16. The fourth-order valence-corrected chi connectivity index (χ4v) is 3.06. The summed E-state index contributed by atoms with van der Waals surface area (Å²) in [6, 6.07) is 7.06. The molecule has 0 amide bonds. The zero-order chi connectivity index (χ0) is 17.0. The number of hydrogen-bond donors (Lipinski definition) is 2. The van der Waals surface area contributed by atoms with E-state index < -0.39 is 0 Å². The van der Waals surface area contributed by atoms with Gasteiger partial charge in [-0.1, -0.05) is 23.8 Å². The second-order valence-electron chi connectivity index (χ2n) is 6.51. The third-order valence-corrected chi connectivity index (χ3v) is 4.49. The largest absolute Gasteiger partial charge is 0.394 e. The van der Waals surface area contributed by atoms with E-state index >= 15 is 0 Å². The highest BCUT2D eigenvalue weighted by Crippen LogP contribution is 2.15. The molecule has 2 rings (SSSR count). The van der Waals surface area contributed by atoms with Crippen molar-refractivity contribution in [1.29, 1.82) is 0 Å². The van der Waals surface area contributed by atoms with Gasteiger partial charge in [-0.05, 0) is 52.2 Å². The summed E-state index contributed by atoms with van der Waals surface area (Å²) in [6.07, 6.45) is 1.02. The monoisotopic (exact) mass is 315 g/mol. The second kappa shape index (κ2) is 7.75. The number of nitrogens with one attached hydrogen (secondary N) is 1. The minimum Gasteiger partial charge on any atom is -0.394 e. The van der Waals surface area contributed by atoms with E-state index in [-0.39, 0.29) is 6.61 Å². The van der Waals surface area contributed by atoms with Gasteiger partial charge in [-0.15, -0.1) is 0 Å². The number of aryl methyl sites for hydroxylation is 3. The van der Waals surface area contributed by atoms with Crippen LogP contribution in [0.15, 0.2) is 18.2 Å². The van der Waals surface area contributed by atoms with E-state index in [1.807, 2.05) is 11.6 Å². The van der Waals surface area contributed by atoms with E-state index in [1.54, 1.807) is 0 Å². The molecule has 0 spiro atoms. The predicted octanol–water partition coefficient (Wildman–Crippen LogP) is 2.83. The number of hydrogen-bond acceptors (Lipinski definition) is 3. The minimum atomic E-state index is 0.123. The molecule has 1 unspecified atom stereocenters. The summed E-state index contributed by atoms with van der Waals surface area (Å²) >= 11 is 0. The first-order chi connectivity index (χ1) is 10.9. The van der Waals surface area contributed by atoms with Crippen LogP contribution in [0.3, 0.4) is 0 Å². The van der Waals surface area contributed by atoms with Crippen LogP contribution in [0.5, 0.6) is 0 Å². The van der Waals surface area contributed by atoms with Crippen molar-refractivity contribution in [2.24, 2.45) is 0 Å². The van der Waals surface area contributed by atoms with Gasteiger partial charge in [0.15, 0.2) is 0 Å². The van der Waals surface area contributed by atoms with E-state index in [0.29, 0.717) is 12.6 Å². The summed E-state index contributed by atoms with van der Waals surface area (Å²) in [4.78, 5) is 0. The highest BCUT2D eigenvalue weighted by molar-refractivity contribution is 5.31. The van der Waals surface area contributed by atoms with Gasteiger partial charge in [0.2, 0.25) is 0 Å². The molecular weight excluding hydrogens is 286 g/mol. The lowest BCUT2D eigenvalue weighted by Crippen LogP contribution is -2.28. The van der Waals surface area contributed by atoms with Crippen LogP contribution in [0.2, 0.25) is 0 Å². The molecule has 0 aliphatic carbocycles. The standard InChI is InChI=1S/C19H29N3O/c1-13-6-7-18(14(2)10-13)11-15(3)20-12-19-16(4)21-22(8-9-23)17(19)5/h6-7,10,15,20,23H,8-9,11-12H2,1-5H3. The summed E-state index contributed by atoms with van der Waals surface area (Å²) in [6.45, 7) is 12.1. The second-order valence-corrected chi connectivity index (χ2v) is 6.51. The molecule has 1 heterocycles. The maximum atomic E-state index is 9.10. The van der Waals surface area contributed by atoms with Gasteiger partial charge in [-0.25, -0.2) is 0 Å². The van der Waals surface area contributed by atoms with E-state index in [1.165, 1.54) is 22.3 Å². The SMILES string of the molecule is Cc1ccc(CC(C)NCc2c(C)nn(CCO)c2C)c(C)c1. The number of rotatable bonds is 7. The Morgan fingerprint density at radius 3 is 2.61 bits per heavy atom. The molecule has 1 aromatic carbocycles. The van der Waals surface area contributed by atoms with Crippen molar-refractivity contribution in [3.8, 4) is 0 Å². The topological polar surface area (TPSA) is 50.1 Å². The predicted molar refractivity (Wildman–Crippen MR) is 94.7 cm³/mol. The van der Waals surface area contributed by atoms with Gasteiger partial charge in [-0.2, -0.15) is 5.10 Å². The number of aliphatic hydroxyl groups is 1. The lowest BCUT2D eigenvalue weighted by atomic mass is 10.00. The third-order valence-electron chi connectivity index (χ3n) is 4.49. The summed E-state index contributed by atoms with van der Waals surface area (Å²) in [5.74, 6) is 0. The first-order valence-electron chi connectivity index (χ1n) is 8.35. The maximum Gasteiger partial charge on any atom is 0.0644 e. The molecule has 23 heavy (non-hydrogen) atoms. The Labute approximate surface area is 139 Å². The third kappa shape index (κ3) is 4.43. The van der Waals surface area contributed by atoms with E-state index in [2.05, 4.69) is 56.3 Å². The smallest absolute Gasteiger partial charge is 0.0644 e. The van der Waals surface area contributed by atoms with Crippen molar-refractivity contribution in [2.45, 2.75) is 60.2 Å². The first-order valence-corrected chi connectivity index (χ1v) is 8.35. The van der Waals surface area contributed by atoms with E-state index in [4.69, 9.17) is 5.11 Å². The Morgan fingerprint density at radius 2 is 1.96 bits per heavy atom. The molecule has 0 fully saturated rings. The molecule has 0 aliphatic heterocycles. The summed E-state index contributed by atoms with van der Waals surface area (Å²) in [5.41, 5.74) is 7.51. The summed E-state index contributed by atoms with van der Waals surface area (Å²) < 4.78 is 1.89. The van der Waals surface area contributed by atoms with Gasteiger partial charge < -0.3 is 10.4 Å². The molecule has 1 atom stereocenters. The fourth-order valence-electron chi connectivity index (χ4n) is 3.06. The van der Waals surface area contributed by atoms with Gasteiger partial charge in [0.25, 0.3) is 0 Å². The lowest BCUT2D eigenvalue weighted by molar-refractivity contribution is 0.267. The normalized spacial score (nSPS) is 12.6. The molecule has 0 radical (unpaired) electrons. The van der Waals surface area contributed by atoms with Crippen molar-refractivity contribution in [3.05, 3.63) is 51.8 Å². The highest BCUT2D eigenvalue weighted by Gasteiger charge is 2.12. The van der Waals surface area contributed by atoms with Crippen molar-refractivity contribution >= 4 is 0 Å². The first kappa shape index (κ1) is 17.7. The molecule has 126 valence electrons. The molecule has 4 nitrogen and oxygen atoms in total. The van der Waals surface area contributed by atoms with Gasteiger partial charge in [0.05, 0.1) is 18.8 Å². The summed E-state index contributed by atoms with van der Waals surface area (Å²) in [7, 11) is 0. The van der Waals surface area contributed by atoms with Crippen LogP contribution >= 0.6 is 0 Å². The Morgan fingerprint density at radius 1 is 1.22 bits per heavy atom. The van der Waals surface area contributed by atoms with Crippen molar-refractivity contribution < 1.29 is 5.11 Å². The molecule has 0 saturated carbocycles. The van der Waals surface area contributed by atoms with Crippen LogP contribution in [-0.4, -0.2) is 27.5 Å². The molecule has 1 aromatic heterocycles. The van der Waals surface area contributed by atoms with Crippen LogP contribution in [-0.2, 0) is 19.5 Å². The fraction of sp³-hybridized carbons (Fsp3) is 0.526. The Kier molecular flexibility index (Phi) is 5.97. The number of aliphatic hydroxyl groups excluding tert-OH is 1. The van der Waals surface area contributed by atoms with Gasteiger partial charge in [0.1, 0.15) is 0 Å². The van der Waals surface area contributed by atoms with Crippen molar-refractivity contribution in [1.82, 2.24) is 15.1 Å². The van der Waals surface area contributed by atoms with E-state index in [0.717, 1.165) is 24.4 Å². The Hall–Kier alpha value is -1.65. The average Bonchev–Trinajstić information content (AvgIpc) is 2.75. The Bertz CT molecular complexity index is 661. The van der Waals surface area contributed by atoms with Gasteiger partial charge >= 0.3 is 0 Å². The van der Waals surface area contributed by atoms with Gasteiger partial charge in [0, 0.05) is 23.8 Å². The van der Waals surface area contributed by atoms with Crippen LogP contribution in [0.25, 0.3) is 0 Å². The number of nitrogens with zero attached hydrogens (tertiary/aromatic N) is 2. The molecule has 2 aromatic rings. The van der Waals surface area contributed by atoms with Crippen LogP contribution in [0, 0.1) is 27.7 Å². The molecule has 0 bridgehead atoms. The molecule has 2 N–H and O–H groups in total. The zero-order valence-corrected chi connectivity index (χ0v) is 15.0. The molecule has 4 heteroatoms. The van der Waals surface area contributed by atoms with Crippen molar-refractivity contribution in [3.63, 3.8) is 0 Å². The van der Waals surface area contributed by atoms with Gasteiger partial charge in [-0.3, -0.25) is 4.68 Å². The maximum absolute atomic E-state index is 9.10. The average molecular weight is 315 g/mol. The molecular formula is C19H29N3O. The molecule has 0 saturated heterocycles. The van der Waals surface area contributed by atoms with E-state index in [9.17, 15) is 0 Å². The van der Waals surface area contributed by atoms with Crippen LogP contribution in [0.1, 0.15) is 40.6 Å². The number of aromatic nitrogens is 2. The molecule has 0 aliphatic rings.